The van der Waals surface area contributed by atoms with E-state index in [9.17, 15) is 13.7 Å². The first-order valence-electron chi connectivity index (χ1n) is 12.2. The first-order valence-corrected chi connectivity index (χ1v) is 14.1. The molecule has 2 heterocycles. The Morgan fingerprint density at radius 3 is 2.55 bits per heavy atom. The van der Waals surface area contributed by atoms with Crippen molar-refractivity contribution < 1.29 is 13.7 Å². The number of thiocarbonyl (C=S) groups is 1. The van der Waals surface area contributed by atoms with Crippen LogP contribution < -0.4 is 15.6 Å². The molecule has 0 spiro atoms. The van der Waals surface area contributed by atoms with Crippen LogP contribution in [0, 0.1) is 5.82 Å². The number of rotatable bonds is 6. The van der Waals surface area contributed by atoms with Crippen molar-refractivity contribution >= 4 is 63.3 Å². The van der Waals surface area contributed by atoms with Gasteiger partial charge in [0.05, 0.1) is 29.3 Å². The Hall–Kier alpha value is -3.02. The van der Waals surface area contributed by atoms with Crippen molar-refractivity contribution in [3.63, 3.8) is 0 Å². The van der Waals surface area contributed by atoms with Crippen LogP contribution in [-0.2, 0) is 22.7 Å². The lowest BCUT2D eigenvalue weighted by molar-refractivity contribution is -0.112. The topological polar surface area (TPSA) is 83.0 Å². The summed E-state index contributed by atoms with van der Waals surface area (Å²) >= 11 is 9.96. The lowest BCUT2D eigenvalue weighted by atomic mass is 10.1. The van der Waals surface area contributed by atoms with Gasteiger partial charge in [-0.05, 0) is 67.0 Å². The predicted octanol–water partition coefficient (Wildman–Crippen LogP) is 5.23. The summed E-state index contributed by atoms with van der Waals surface area (Å²) in [6, 6.07) is 18.7. The fourth-order valence-corrected chi connectivity index (χ4v) is 6.01. The van der Waals surface area contributed by atoms with Crippen LogP contribution in [0.15, 0.2) is 76.7 Å². The first-order chi connectivity index (χ1) is 18.4. The molecule has 11 heteroatoms. The molecule has 38 heavy (non-hydrogen) atoms. The van der Waals surface area contributed by atoms with Crippen LogP contribution in [0.2, 0.25) is 5.02 Å². The summed E-state index contributed by atoms with van der Waals surface area (Å²) in [7, 11) is 0. The average Bonchev–Trinajstić information content (AvgIpc) is 3.19. The molecule has 3 aromatic rings. The lowest BCUT2D eigenvalue weighted by Crippen LogP contribution is -2.35. The van der Waals surface area contributed by atoms with E-state index in [2.05, 4.69) is 15.8 Å². The first kappa shape index (κ1) is 26.6. The number of nitrogens with one attached hydrogen (secondary N) is 2. The Morgan fingerprint density at radius 1 is 1.08 bits per heavy atom. The lowest BCUT2D eigenvalue weighted by Gasteiger charge is -2.27. The number of fused-ring (bicyclic) bond motifs is 1. The number of anilines is 2. The molecule has 0 aliphatic carbocycles. The zero-order valence-electron chi connectivity index (χ0n) is 20.3. The summed E-state index contributed by atoms with van der Waals surface area (Å²) in [6.07, 6.45) is 3.15. The number of nitrogens with zero attached hydrogens (tertiary/aromatic N) is 3. The van der Waals surface area contributed by atoms with Gasteiger partial charge < -0.3 is 14.8 Å². The van der Waals surface area contributed by atoms with Crippen LogP contribution in [0.4, 0.5) is 15.8 Å². The Morgan fingerprint density at radius 2 is 1.82 bits per heavy atom. The number of hydrazone groups is 1. The van der Waals surface area contributed by atoms with E-state index in [4.69, 9.17) is 23.8 Å². The quantitative estimate of drug-likeness (QED) is 0.240. The number of piperidine rings is 1. The molecular formula is C27H25ClFN5O2S2. The number of hydrogen-bond donors (Lipinski definition) is 2. The normalized spacial score (nSPS) is 17.4. The zero-order valence-corrected chi connectivity index (χ0v) is 22.7. The van der Waals surface area contributed by atoms with E-state index in [1.165, 1.54) is 6.07 Å². The van der Waals surface area contributed by atoms with Crippen LogP contribution >= 0.6 is 23.8 Å². The molecule has 0 bridgehead atoms. The largest absolute Gasteiger partial charge is 0.593 e. The molecular weight excluding hydrogens is 545 g/mol. The Bertz CT molecular complexity index is 1380. The highest BCUT2D eigenvalue weighted by atomic mass is 35.5. The van der Waals surface area contributed by atoms with Crippen molar-refractivity contribution in [2.24, 2.45) is 5.10 Å². The van der Waals surface area contributed by atoms with Gasteiger partial charge in [0.25, 0.3) is 5.91 Å². The maximum atomic E-state index is 14.0. The third-order valence-electron chi connectivity index (χ3n) is 6.36. The zero-order chi connectivity index (χ0) is 26.6. The van der Waals surface area contributed by atoms with Gasteiger partial charge in [0.1, 0.15) is 5.82 Å². The summed E-state index contributed by atoms with van der Waals surface area (Å²) in [5.74, 6) is -0.803. The third kappa shape index (κ3) is 5.84. The minimum atomic E-state index is -1.35. The highest BCUT2D eigenvalue weighted by Crippen LogP contribution is 2.34. The standard InChI is InChI=1S/C27H25ClFN5O2S2/c28-19-10-8-18(9-11-19)17-34-24-13-12-20(38(36)33-14-4-1-5-15-33)16-21(24)25(26(34)35)31-32-27(37)30-23-7-3-2-6-22(23)29/h2-3,6-13,16H,1,4-5,14-15,17H2,(H2,30,32,37)/b31-25-. The second-order valence-electron chi connectivity index (χ2n) is 8.94. The van der Waals surface area contributed by atoms with Gasteiger partial charge in [-0.1, -0.05) is 42.3 Å². The molecule has 2 aliphatic heterocycles. The summed E-state index contributed by atoms with van der Waals surface area (Å²) < 4.78 is 29.3. The number of para-hydroxylation sites is 1. The van der Waals surface area contributed by atoms with E-state index in [-0.39, 0.29) is 22.4 Å². The van der Waals surface area contributed by atoms with Crippen molar-refractivity contribution in [3.8, 4) is 0 Å². The molecule has 7 nitrogen and oxygen atoms in total. The molecule has 1 unspecified atom stereocenters. The van der Waals surface area contributed by atoms with Gasteiger partial charge in [-0.2, -0.15) is 5.10 Å². The monoisotopic (exact) mass is 569 g/mol. The smallest absolute Gasteiger partial charge is 0.279 e. The van der Waals surface area contributed by atoms with Crippen molar-refractivity contribution in [1.29, 1.82) is 0 Å². The number of hydrogen-bond acceptors (Lipinski definition) is 5. The Labute approximate surface area is 234 Å². The summed E-state index contributed by atoms with van der Waals surface area (Å²) in [5.41, 5.74) is 5.07. The molecule has 0 saturated carbocycles. The van der Waals surface area contributed by atoms with E-state index in [0.29, 0.717) is 27.7 Å². The molecule has 1 fully saturated rings. The fraction of sp³-hybridized carbons (Fsp3) is 0.222. The molecule has 5 rings (SSSR count). The maximum Gasteiger partial charge on any atom is 0.279 e. The average molecular weight is 570 g/mol. The molecule has 0 aromatic heterocycles. The molecule has 196 valence electrons. The van der Waals surface area contributed by atoms with Gasteiger partial charge in [0.2, 0.25) is 0 Å². The Kier molecular flexibility index (Phi) is 8.25. The van der Waals surface area contributed by atoms with Crippen LogP contribution in [0.3, 0.4) is 0 Å². The molecule has 0 radical (unpaired) electrons. The third-order valence-corrected chi connectivity index (χ3v) is 8.29. The van der Waals surface area contributed by atoms with Gasteiger partial charge >= 0.3 is 0 Å². The van der Waals surface area contributed by atoms with Crippen molar-refractivity contribution in [2.75, 3.05) is 23.3 Å². The summed E-state index contributed by atoms with van der Waals surface area (Å²) in [6.45, 7) is 1.84. The fourth-order valence-electron chi connectivity index (χ4n) is 4.44. The molecule has 1 saturated heterocycles. The van der Waals surface area contributed by atoms with E-state index in [0.717, 1.165) is 37.9 Å². The van der Waals surface area contributed by atoms with Crippen LogP contribution in [0.1, 0.15) is 30.4 Å². The second kappa shape index (κ2) is 11.8. The summed E-state index contributed by atoms with van der Waals surface area (Å²) in [5, 5.41) is 7.69. The van der Waals surface area contributed by atoms with E-state index in [1.54, 1.807) is 53.4 Å². The van der Waals surface area contributed by atoms with Gasteiger partial charge in [0, 0.05) is 29.7 Å². The van der Waals surface area contributed by atoms with Crippen LogP contribution in [-0.4, -0.2) is 38.7 Å². The number of halogens is 2. The van der Waals surface area contributed by atoms with E-state index < -0.39 is 17.2 Å². The molecule has 3 aromatic carbocycles. The maximum absolute atomic E-state index is 14.0. The molecule has 1 amide bonds. The van der Waals surface area contributed by atoms with Gasteiger partial charge in [0.15, 0.2) is 15.7 Å². The van der Waals surface area contributed by atoms with Crippen molar-refractivity contribution in [1.82, 2.24) is 9.73 Å². The highest BCUT2D eigenvalue weighted by molar-refractivity contribution is 7.89. The van der Waals surface area contributed by atoms with Gasteiger partial charge in [-0.15, -0.1) is 4.31 Å². The van der Waals surface area contributed by atoms with E-state index in [1.807, 2.05) is 16.4 Å². The number of amides is 1. The predicted molar refractivity (Wildman–Crippen MR) is 153 cm³/mol. The second-order valence-corrected chi connectivity index (χ2v) is 11.3. The SMILES string of the molecule is O=C1/C(=N\NC(=S)Nc2ccccc2F)c2cc([S+]([O-])N3CCCCC3)ccc2N1Cc1ccc(Cl)cc1. The molecule has 2 N–H and O–H groups in total. The Balaban J connectivity index is 1.44. The number of benzene rings is 3. The molecule has 1 atom stereocenters. The molecule has 2 aliphatic rings. The van der Waals surface area contributed by atoms with Gasteiger partial charge in [-0.3, -0.25) is 10.2 Å². The van der Waals surface area contributed by atoms with Crippen molar-refractivity contribution in [2.45, 2.75) is 30.7 Å². The van der Waals surface area contributed by atoms with Crippen LogP contribution in [0.25, 0.3) is 0 Å². The van der Waals surface area contributed by atoms with E-state index >= 15 is 0 Å². The van der Waals surface area contributed by atoms with Crippen LogP contribution in [0.5, 0.6) is 0 Å². The summed E-state index contributed by atoms with van der Waals surface area (Å²) in [4.78, 5) is 15.8. The minimum Gasteiger partial charge on any atom is -0.593 e. The number of carbonyl (C=O) groups is 1. The number of carbonyl (C=O) groups excluding carboxylic acids is 1. The van der Waals surface area contributed by atoms with Crippen molar-refractivity contribution in [3.05, 3.63) is 88.7 Å². The van der Waals surface area contributed by atoms with Gasteiger partial charge in [-0.25, -0.2) is 4.39 Å². The minimum absolute atomic E-state index is 0.0288. The highest BCUT2D eigenvalue weighted by Gasteiger charge is 2.36.